The van der Waals surface area contributed by atoms with Crippen molar-refractivity contribution in [2.24, 2.45) is 0 Å². The van der Waals surface area contributed by atoms with Crippen LogP contribution in [0.15, 0.2) is 0 Å². The molecule has 1 rings (SSSR count). The second-order valence-corrected chi connectivity index (χ2v) is 4.76. The minimum Gasteiger partial charge on any atom is -0.392 e. The van der Waals surface area contributed by atoms with E-state index < -0.39 is 0 Å². The molecule has 0 spiro atoms. The number of aliphatic hydroxyl groups is 1. The number of hydrogen-bond donors (Lipinski definition) is 2. The van der Waals surface area contributed by atoms with Crippen LogP contribution in [0.5, 0.6) is 0 Å². The summed E-state index contributed by atoms with van der Waals surface area (Å²) in [4.78, 5) is 2.20. The van der Waals surface area contributed by atoms with E-state index in [-0.39, 0.29) is 6.10 Å². The Kier molecular flexibility index (Phi) is 4.85. The van der Waals surface area contributed by atoms with E-state index in [4.69, 9.17) is 0 Å². The molecule has 0 aromatic rings. The molecule has 2 N–H and O–H groups in total. The van der Waals surface area contributed by atoms with E-state index in [0.29, 0.717) is 12.1 Å². The average molecular weight is 200 g/mol. The van der Waals surface area contributed by atoms with Gasteiger partial charge in [-0.3, -0.25) is 0 Å². The molecule has 0 amide bonds. The monoisotopic (exact) mass is 200 g/mol. The molecule has 0 aromatic carbocycles. The van der Waals surface area contributed by atoms with Crippen LogP contribution in [0.4, 0.5) is 0 Å². The van der Waals surface area contributed by atoms with Crippen molar-refractivity contribution >= 4 is 0 Å². The second-order valence-electron chi connectivity index (χ2n) is 4.76. The van der Waals surface area contributed by atoms with Crippen LogP contribution >= 0.6 is 0 Å². The zero-order chi connectivity index (χ0) is 10.6. The van der Waals surface area contributed by atoms with Gasteiger partial charge in [0.05, 0.1) is 6.10 Å². The summed E-state index contributed by atoms with van der Waals surface area (Å²) in [5.74, 6) is 0. The summed E-state index contributed by atoms with van der Waals surface area (Å²) in [6.45, 7) is 3.31. The lowest BCUT2D eigenvalue weighted by molar-refractivity contribution is 0.142. The molecule has 0 aromatic heterocycles. The van der Waals surface area contributed by atoms with Crippen molar-refractivity contribution in [2.45, 2.75) is 50.8 Å². The quantitative estimate of drug-likeness (QED) is 0.690. The summed E-state index contributed by atoms with van der Waals surface area (Å²) < 4.78 is 0. The molecule has 0 radical (unpaired) electrons. The zero-order valence-corrected chi connectivity index (χ0v) is 9.66. The Morgan fingerprint density at radius 1 is 1.43 bits per heavy atom. The molecule has 1 aliphatic carbocycles. The number of hydrogen-bond acceptors (Lipinski definition) is 3. The van der Waals surface area contributed by atoms with Gasteiger partial charge in [0.1, 0.15) is 0 Å². The Morgan fingerprint density at radius 3 is 2.64 bits per heavy atom. The van der Waals surface area contributed by atoms with E-state index in [1.54, 1.807) is 0 Å². The number of aliphatic hydroxyl groups excluding tert-OH is 1. The molecule has 3 heteroatoms. The molecule has 3 atom stereocenters. The van der Waals surface area contributed by atoms with Crippen LogP contribution in [0.3, 0.4) is 0 Å². The SMILES string of the molecule is CC(CCN(C)C)N[C@@H]1CCC[C@H]1O. The van der Waals surface area contributed by atoms with Gasteiger partial charge in [0.15, 0.2) is 0 Å². The fourth-order valence-corrected chi connectivity index (χ4v) is 2.04. The Hall–Kier alpha value is -0.120. The fraction of sp³-hybridized carbons (Fsp3) is 1.00. The molecule has 0 bridgehead atoms. The Labute approximate surface area is 87.5 Å². The van der Waals surface area contributed by atoms with Gasteiger partial charge < -0.3 is 15.3 Å². The normalized spacial score (nSPS) is 29.8. The third-order valence-electron chi connectivity index (χ3n) is 2.99. The van der Waals surface area contributed by atoms with Gasteiger partial charge >= 0.3 is 0 Å². The molecule has 84 valence electrons. The Balaban J connectivity index is 2.16. The molecule has 1 fully saturated rings. The van der Waals surface area contributed by atoms with Gasteiger partial charge in [-0.15, -0.1) is 0 Å². The third kappa shape index (κ3) is 3.95. The van der Waals surface area contributed by atoms with E-state index in [1.165, 1.54) is 6.42 Å². The van der Waals surface area contributed by atoms with Crippen molar-refractivity contribution in [3.63, 3.8) is 0 Å². The van der Waals surface area contributed by atoms with E-state index in [0.717, 1.165) is 25.8 Å². The zero-order valence-electron chi connectivity index (χ0n) is 9.66. The third-order valence-corrected chi connectivity index (χ3v) is 2.99. The van der Waals surface area contributed by atoms with Gasteiger partial charge in [-0.25, -0.2) is 0 Å². The maximum atomic E-state index is 9.64. The largest absolute Gasteiger partial charge is 0.392 e. The van der Waals surface area contributed by atoms with Crippen molar-refractivity contribution in [3.8, 4) is 0 Å². The minimum absolute atomic E-state index is 0.114. The summed E-state index contributed by atoms with van der Waals surface area (Å²) in [5, 5.41) is 13.1. The predicted molar refractivity (Wildman–Crippen MR) is 59.4 cm³/mol. The Bertz CT molecular complexity index is 161. The summed E-state index contributed by atoms with van der Waals surface area (Å²) in [6, 6.07) is 0.849. The van der Waals surface area contributed by atoms with Crippen LogP contribution in [-0.2, 0) is 0 Å². The molecule has 0 aliphatic heterocycles. The number of nitrogens with one attached hydrogen (secondary N) is 1. The summed E-state index contributed by atoms with van der Waals surface area (Å²) in [7, 11) is 4.19. The fourth-order valence-electron chi connectivity index (χ4n) is 2.04. The van der Waals surface area contributed by atoms with Crippen molar-refractivity contribution in [1.29, 1.82) is 0 Å². The summed E-state index contributed by atoms with van der Waals surface area (Å²) >= 11 is 0. The van der Waals surface area contributed by atoms with Crippen molar-refractivity contribution < 1.29 is 5.11 Å². The molecule has 14 heavy (non-hydrogen) atoms. The number of nitrogens with zero attached hydrogens (tertiary/aromatic N) is 1. The van der Waals surface area contributed by atoms with Crippen LogP contribution in [-0.4, -0.2) is 48.8 Å². The predicted octanol–water partition coefficient (Wildman–Crippen LogP) is 0.830. The van der Waals surface area contributed by atoms with Crippen LogP contribution < -0.4 is 5.32 Å². The molecule has 1 unspecified atom stereocenters. The summed E-state index contributed by atoms with van der Waals surface area (Å²) in [5.41, 5.74) is 0. The van der Waals surface area contributed by atoms with E-state index in [9.17, 15) is 5.11 Å². The molecule has 0 heterocycles. The maximum absolute atomic E-state index is 9.64. The lowest BCUT2D eigenvalue weighted by Crippen LogP contribution is -2.42. The van der Waals surface area contributed by atoms with E-state index in [1.807, 2.05) is 0 Å². The van der Waals surface area contributed by atoms with Crippen molar-refractivity contribution in [3.05, 3.63) is 0 Å². The number of rotatable bonds is 5. The van der Waals surface area contributed by atoms with E-state index >= 15 is 0 Å². The highest BCUT2D eigenvalue weighted by Crippen LogP contribution is 2.19. The van der Waals surface area contributed by atoms with Crippen LogP contribution in [0.2, 0.25) is 0 Å². The molecule has 1 aliphatic rings. The lowest BCUT2D eigenvalue weighted by atomic mass is 10.1. The maximum Gasteiger partial charge on any atom is 0.0693 e. The molecule has 0 saturated heterocycles. The average Bonchev–Trinajstić information content (AvgIpc) is 2.49. The first-order valence-corrected chi connectivity index (χ1v) is 5.68. The highest BCUT2D eigenvalue weighted by Gasteiger charge is 2.25. The van der Waals surface area contributed by atoms with Gasteiger partial charge in [-0.1, -0.05) is 0 Å². The van der Waals surface area contributed by atoms with Crippen molar-refractivity contribution in [1.82, 2.24) is 10.2 Å². The van der Waals surface area contributed by atoms with Gasteiger partial charge in [0.25, 0.3) is 0 Å². The molecular weight excluding hydrogens is 176 g/mol. The second kappa shape index (κ2) is 5.69. The van der Waals surface area contributed by atoms with E-state index in [2.05, 4.69) is 31.2 Å². The van der Waals surface area contributed by atoms with Crippen LogP contribution in [0, 0.1) is 0 Å². The first-order chi connectivity index (χ1) is 6.59. The standard InChI is InChI=1S/C11H24N2O/c1-9(7-8-13(2)3)12-10-5-4-6-11(10)14/h9-12,14H,4-8H2,1-3H3/t9?,10-,11-/m1/s1. The minimum atomic E-state index is -0.114. The van der Waals surface area contributed by atoms with Crippen molar-refractivity contribution in [2.75, 3.05) is 20.6 Å². The topological polar surface area (TPSA) is 35.5 Å². The van der Waals surface area contributed by atoms with Gasteiger partial charge in [0, 0.05) is 12.1 Å². The van der Waals surface area contributed by atoms with Gasteiger partial charge in [0.2, 0.25) is 0 Å². The molecular formula is C11H24N2O. The summed E-state index contributed by atoms with van der Waals surface area (Å²) in [6.07, 6.45) is 4.30. The van der Waals surface area contributed by atoms with Crippen LogP contribution in [0.1, 0.15) is 32.6 Å². The highest BCUT2D eigenvalue weighted by molar-refractivity contribution is 4.84. The molecule has 3 nitrogen and oxygen atoms in total. The first kappa shape index (κ1) is 12.0. The first-order valence-electron chi connectivity index (χ1n) is 5.68. The smallest absolute Gasteiger partial charge is 0.0693 e. The van der Waals surface area contributed by atoms with Gasteiger partial charge in [-0.2, -0.15) is 0 Å². The lowest BCUT2D eigenvalue weighted by Gasteiger charge is -2.23. The van der Waals surface area contributed by atoms with Gasteiger partial charge in [-0.05, 0) is 53.2 Å². The highest BCUT2D eigenvalue weighted by atomic mass is 16.3. The Morgan fingerprint density at radius 2 is 2.14 bits per heavy atom. The molecule has 1 saturated carbocycles. The van der Waals surface area contributed by atoms with Crippen LogP contribution in [0.25, 0.3) is 0 Å².